The topological polar surface area (TPSA) is 78.8 Å². The van der Waals surface area contributed by atoms with Gasteiger partial charge in [0.1, 0.15) is 0 Å². The molecule has 1 aliphatic heterocycles. The van der Waals surface area contributed by atoms with Crippen molar-refractivity contribution in [2.75, 3.05) is 6.54 Å². The van der Waals surface area contributed by atoms with Crippen molar-refractivity contribution >= 4 is 56.0 Å². The Morgan fingerprint density at radius 3 is 2.31 bits per heavy atom. The number of hydrogen-bond acceptors (Lipinski definition) is 4. The lowest BCUT2D eigenvalue weighted by atomic mass is 9.86. The Balaban J connectivity index is 1.64. The molecule has 0 saturated carbocycles. The van der Waals surface area contributed by atoms with Crippen LogP contribution in [-0.4, -0.2) is 31.7 Å². The van der Waals surface area contributed by atoms with Crippen molar-refractivity contribution in [2.45, 2.75) is 17.2 Å². The van der Waals surface area contributed by atoms with Gasteiger partial charge in [-0.15, -0.1) is 0 Å². The fraction of sp³-hybridized carbons (Fsp3) is 0.130. The first-order valence-corrected chi connectivity index (χ1v) is 12.8. The number of hydrazone groups is 1. The number of amides is 2. The summed E-state index contributed by atoms with van der Waals surface area (Å²) in [6.45, 7) is 0.282. The second-order valence-electron chi connectivity index (χ2n) is 7.23. The van der Waals surface area contributed by atoms with Crippen LogP contribution in [0.25, 0.3) is 0 Å². The van der Waals surface area contributed by atoms with E-state index in [9.17, 15) is 13.2 Å². The fourth-order valence-corrected chi connectivity index (χ4v) is 4.95. The molecule has 0 radical (unpaired) electrons. The summed E-state index contributed by atoms with van der Waals surface area (Å²) in [7, 11) is -4.01. The van der Waals surface area contributed by atoms with Gasteiger partial charge in [0.05, 0.1) is 10.6 Å². The minimum Gasteiger partial charge on any atom is -0.246 e. The molecular formula is C23H19ClIN3O3S. The maximum Gasteiger partial charge on any atom is 0.351 e. The van der Waals surface area contributed by atoms with Crippen LogP contribution in [0.2, 0.25) is 5.02 Å². The number of nitrogens with zero attached hydrogens (tertiary/aromatic N) is 2. The van der Waals surface area contributed by atoms with Gasteiger partial charge in [0.15, 0.2) is 0 Å². The van der Waals surface area contributed by atoms with Crippen molar-refractivity contribution < 1.29 is 13.2 Å². The largest absolute Gasteiger partial charge is 0.351 e. The van der Waals surface area contributed by atoms with E-state index < -0.39 is 16.1 Å². The molecule has 0 spiro atoms. The average molecular weight is 580 g/mol. The highest BCUT2D eigenvalue weighted by atomic mass is 127. The lowest BCUT2D eigenvalue weighted by Crippen LogP contribution is -2.43. The van der Waals surface area contributed by atoms with Crippen molar-refractivity contribution in [2.24, 2.45) is 5.10 Å². The summed E-state index contributed by atoms with van der Waals surface area (Å²) in [6, 6.07) is 22.6. The molecule has 1 aliphatic rings. The molecule has 4 rings (SSSR count). The summed E-state index contributed by atoms with van der Waals surface area (Å²) >= 11 is 8.13. The monoisotopic (exact) mass is 579 g/mol. The summed E-state index contributed by atoms with van der Waals surface area (Å²) in [6.07, 6.45) is 0.600. The second-order valence-corrected chi connectivity index (χ2v) is 10.6. The number of carbonyl (C=O) groups is 1. The maximum absolute atomic E-state index is 12.8. The third-order valence-corrected chi connectivity index (χ3v) is 7.42. The van der Waals surface area contributed by atoms with Crippen molar-refractivity contribution in [3.05, 3.63) is 98.6 Å². The first kappa shape index (κ1) is 22.8. The van der Waals surface area contributed by atoms with Crippen LogP contribution in [0.1, 0.15) is 23.5 Å². The Morgan fingerprint density at radius 2 is 1.66 bits per heavy atom. The first-order chi connectivity index (χ1) is 15.3. The van der Waals surface area contributed by atoms with E-state index in [2.05, 4.69) is 32.4 Å². The molecule has 9 heteroatoms. The van der Waals surface area contributed by atoms with Gasteiger partial charge in [0.25, 0.3) is 10.0 Å². The van der Waals surface area contributed by atoms with E-state index in [1.807, 2.05) is 42.5 Å². The number of benzene rings is 3. The summed E-state index contributed by atoms with van der Waals surface area (Å²) in [5, 5.41) is 6.33. The zero-order valence-corrected chi connectivity index (χ0v) is 20.5. The lowest BCUT2D eigenvalue weighted by Gasteiger charge is -2.30. The zero-order chi connectivity index (χ0) is 22.7. The number of rotatable bonds is 4. The highest BCUT2D eigenvalue weighted by molar-refractivity contribution is 14.1. The van der Waals surface area contributed by atoms with Crippen molar-refractivity contribution in [1.82, 2.24) is 9.73 Å². The standard InChI is InChI=1S/C23H19ClIN3O3S/c24-18-8-6-17(7-9-18)22-21(16-4-2-1-3-5-16)14-15-28(26-22)23(29)27-32(30,31)20-12-10-19(25)11-13-20/h1-13,21H,14-15H2,(H,27,29). The van der Waals surface area contributed by atoms with Gasteiger partial charge in [-0.2, -0.15) is 5.10 Å². The summed E-state index contributed by atoms with van der Waals surface area (Å²) < 4.78 is 28.3. The van der Waals surface area contributed by atoms with E-state index in [0.29, 0.717) is 17.2 Å². The molecular weight excluding hydrogens is 561 g/mol. The minimum absolute atomic E-state index is 0.0207. The molecule has 3 aromatic rings. The fourth-order valence-electron chi connectivity index (χ4n) is 3.51. The third-order valence-electron chi connectivity index (χ3n) is 5.11. The molecule has 1 unspecified atom stereocenters. The van der Waals surface area contributed by atoms with Gasteiger partial charge < -0.3 is 0 Å². The van der Waals surface area contributed by atoms with Crippen molar-refractivity contribution in [3.8, 4) is 0 Å². The quantitative estimate of drug-likeness (QED) is 0.430. The SMILES string of the molecule is O=C(NS(=O)(=O)c1ccc(I)cc1)N1CCC(c2ccccc2)C(c2ccc(Cl)cc2)=N1. The highest BCUT2D eigenvalue weighted by Gasteiger charge is 2.30. The van der Waals surface area contributed by atoms with Crippen LogP contribution in [0.3, 0.4) is 0 Å². The predicted molar refractivity (Wildman–Crippen MR) is 133 cm³/mol. The molecule has 0 saturated heterocycles. The van der Waals surface area contributed by atoms with E-state index in [1.54, 1.807) is 24.3 Å². The number of hydrogen-bond donors (Lipinski definition) is 1. The van der Waals surface area contributed by atoms with Crippen LogP contribution in [-0.2, 0) is 10.0 Å². The van der Waals surface area contributed by atoms with Crippen LogP contribution in [0.5, 0.6) is 0 Å². The molecule has 32 heavy (non-hydrogen) atoms. The van der Waals surface area contributed by atoms with Gasteiger partial charge in [-0.25, -0.2) is 22.9 Å². The number of carbonyl (C=O) groups excluding carboxylic acids is 1. The van der Waals surface area contributed by atoms with Crippen molar-refractivity contribution in [3.63, 3.8) is 0 Å². The van der Waals surface area contributed by atoms with E-state index >= 15 is 0 Å². The number of sulfonamides is 1. The van der Waals surface area contributed by atoms with Crippen LogP contribution in [0, 0.1) is 3.57 Å². The molecule has 1 heterocycles. The third kappa shape index (κ3) is 5.13. The van der Waals surface area contributed by atoms with Crippen LogP contribution >= 0.6 is 34.2 Å². The van der Waals surface area contributed by atoms with Crippen LogP contribution in [0.4, 0.5) is 4.79 Å². The second kappa shape index (κ2) is 9.60. The Bertz CT molecular complexity index is 1250. The van der Waals surface area contributed by atoms with E-state index in [0.717, 1.165) is 14.7 Å². The zero-order valence-electron chi connectivity index (χ0n) is 16.8. The van der Waals surface area contributed by atoms with Crippen molar-refractivity contribution in [1.29, 1.82) is 0 Å². The average Bonchev–Trinajstić information content (AvgIpc) is 2.80. The van der Waals surface area contributed by atoms with Crippen LogP contribution in [0.15, 0.2) is 88.9 Å². The molecule has 6 nitrogen and oxygen atoms in total. The Hall–Kier alpha value is -2.43. The molecule has 0 aromatic heterocycles. The van der Waals surface area contributed by atoms with E-state index in [4.69, 9.17) is 11.6 Å². The lowest BCUT2D eigenvalue weighted by molar-refractivity contribution is 0.202. The Morgan fingerprint density at radius 1 is 1.00 bits per heavy atom. The van der Waals surface area contributed by atoms with Gasteiger partial charge in [0.2, 0.25) is 0 Å². The summed E-state index contributed by atoms with van der Waals surface area (Å²) in [5.74, 6) is -0.0331. The van der Waals surface area contributed by atoms with Gasteiger partial charge >= 0.3 is 6.03 Å². The highest BCUT2D eigenvalue weighted by Crippen LogP contribution is 2.30. The van der Waals surface area contributed by atoms with E-state index in [-0.39, 0.29) is 17.4 Å². The number of urea groups is 1. The van der Waals surface area contributed by atoms with Gasteiger partial charge in [-0.05, 0) is 76.5 Å². The molecule has 2 amide bonds. The molecule has 1 N–H and O–H groups in total. The minimum atomic E-state index is -4.01. The molecule has 0 fully saturated rings. The van der Waals surface area contributed by atoms with Gasteiger partial charge in [0, 0.05) is 21.1 Å². The Kier molecular flexibility index (Phi) is 6.82. The molecule has 1 atom stereocenters. The maximum atomic E-state index is 12.8. The first-order valence-electron chi connectivity index (χ1n) is 9.83. The van der Waals surface area contributed by atoms with E-state index in [1.165, 1.54) is 17.1 Å². The number of halogens is 2. The smallest absolute Gasteiger partial charge is 0.246 e. The summed E-state index contributed by atoms with van der Waals surface area (Å²) in [4.78, 5) is 12.9. The normalized spacial score (nSPS) is 16.4. The van der Waals surface area contributed by atoms with Gasteiger partial charge in [-0.1, -0.05) is 54.1 Å². The summed E-state index contributed by atoms with van der Waals surface area (Å²) in [5.41, 5.74) is 2.58. The molecule has 0 aliphatic carbocycles. The molecule has 0 bridgehead atoms. The van der Waals surface area contributed by atoms with Gasteiger partial charge in [-0.3, -0.25) is 0 Å². The predicted octanol–water partition coefficient (Wildman–Crippen LogP) is 5.24. The molecule has 164 valence electrons. The Labute approximate surface area is 205 Å². The molecule has 3 aromatic carbocycles. The number of nitrogens with one attached hydrogen (secondary N) is 1. The van der Waals surface area contributed by atoms with Crippen LogP contribution < -0.4 is 4.72 Å².